The highest BCUT2D eigenvalue weighted by molar-refractivity contribution is 5.83. The van der Waals surface area contributed by atoms with Gasteiger partial charge in [0.2, 0.25) is 5.91 Å². The first-order valence-corrected chi connectivity index (χ1v) is 6.76. The fraction of sp³-hybridized carbons (Fsp3) is 0.929. The Labute approximate surface area is 106 Å². The Morgan fingerprint density at radius 2 is 1.76 bits per heavy atom. The van der Waals surface area contributed by atoms with Crippen LogP contribution in [0.15, 0.2) is 0 Å². The summed E-state index contributed by atoms with van der Waals surface area (Å²) in [5.74, 6) is 0.259. The lowest BCUT2D eigenvalue weighted by Gasteiger charge is -2.39. The second kappa shape index (κ2) is 5.38. The zero-order chi connectivity index (χ0) is 13.1. The van der Waals surface area contributed by atoms with Crippen LogP contribution in [0, 0.1) is 10.8 Å². The summed E-state index contributed by atoms with van der Waals surface area (Å²) in [6, 6.07) is 0. The quantitative estimate of drug-likeness (QED) is 0.823. The van der Waals surface area contributed by atoms with Gasteiger partial charge < -0.3 is 10.6 Å². The summed E-state index contributed by atoms with van der Waals surface area (Å²) in [6.45, 7) is 7.78. The van der Waals surface area contributed by atoms with E-state index in [9.17, 15) is 4.79 Å². The van der Waals surface area contributed by atoms with E-state index in [1.165, 1.54) is 6.42 Å². The molecular formula is C14H28N2O. The van der Waals surface area contributed by atoms with Gasteiger partial charge in [-0.1, -0.05) is 40.0 Å². The molecule has 0 atom stereocenters. The largest absolute Gasteiger partial charge is 0.345 e. The van der Waals surface area contributed by atoms with E-state index >= 15 is 0 Å². The molecule has 0 unspecified atom stereocenters. The van der Waals surface area contributed by atoms with Gasteiger partial charge >= 0.3 is 0 Å². The molecule has 1 rings (SSSR count). The van der Waals surface area contributed by atoms with Crippen LogP contribution >= 0.6 is 0 Å². The predicted molar refractivity (Wildman–Crippen MR) is 71.7 cm³/mol. The zero-order valence-electron chi connectivity index (χ0n) is 11.9. The summed E-state index contributed by atoms with van der Waals surface area (Å²) in [6.07, 6.45) is 5.48. The summed E-state index contributed by atoms with van der Waals surface area (Å²) < 4.78 is 0. The second-order valence-corrected chi connectivity index (χ2v) is 6.77. The van der Waals surface area contributed by atoms with Crippen LogP contribution in [0.25, 0.3) is 0 Å². The van der Waals surface area contributed by atoms with Crippen molar-refractivity contribution in [2.45, 2.75) is 52.9 Å². The van der Waals surface area contributed by atoms with E-state index < -0.39 is 0 Å². The highest BCUT2D eigenvalue weighted by Gasteiger charge is 2.40. The van der Waals surface area contributed by atoms with E-state index in [-0.39, 0.29) is 16.7 Å². The van der Waals surface area contributed by atoms with Crippen LogP contribution in [-0.2, 0) is 4.79 Å². The van der Waals surface area contributed by atoms with Gasteiger partial charge in [-0.05, 0) is 18.3 Å². The molecule has 3 nitrogen and oxygen atoms in total. The molecule has 0 aromatic carbocycles. The van der Waals surface area contributed by atoms with Crippen LogP contribution in [-0.4, -0.2) is 30.9 Å². The first kappa shape index (κ1) is 14.5. The molecule has 0 aliphatic heterocycles. The van der Waals surface area contributed by atoms with Gasteiger partial charge in [0.05, 0.1) is 5.41 Å². The number of hydrogen-bond donors (Lipinski definition) is 1. The minimum absolute atomic E-state index is 0.148. The summed E-state index contributed by atoms with van der Waals surface area (Å²) in [5.41, 5.74) is 5.78. The maximum atomic E-state index is 12.6. The van der Waals surface area contributed by atoms with Crippen molar-refractivity contribution in [2.75, 3.05) is 20.1 Å². The Hall–Kier alpha value is -0.570. The number of rotatable bonds is 3. The number of hydrogen-bond acceptors (Lipinski definition) is 2. The summed E-state index contributed by atoms with van der Waals surface area (Å²) in [7, 11) is 1.92. The Morgan fingerprint density at radius 3 is 2.18 bits per heavy atom. The van der Waals surface area contributed by atoms with E-state index in [4.69, 9.17) is 5.73 Å². The van der Waals surface area contributed by atoms with Gasteiger partial charge in [0, 0.05) is 20.1 Å². The fourth-order valence-corrected chi connectivity index (χ4v) is 2.92. The van der Waals surface area contributed by atoms with Crippen LogP contribution in [0.5, 0.6) is 0 Å². The minimum Gasteiger partial charge on any atom is -0.345 e. The monoisotopic (exact) mass is 240 g/mol. The first-order valence-electron chi connectivity index (χ1n) is 6.76. The minimum atomic E-state index is -0.266. The molecule has 0 aromatic heterocycles. The van der Waals surface area contributed by atoms with E-state index in [2.05, 4.69) is 20.8 Å². The van der Waals surface area contributed by atoms with Gasteiger partial charge in [-0.3, -0.25) is 4.79 Å². The molecule has 1 aliphatic rings. The van der Waals surface area contributed by atoms with Crippen molar-refractivity contribution in [3.63, 3.8) is 0 Å². The van der Waals surface area contributed by atoms with Crippen molar-refractivity contribution in [3.05, 3.63) is 0 Å². The van der Waals surface area contributed by atoms with Crippen LogP contribution in [0.3, 0.4) is 0 Å². The van der Waals surface area contributed by atoms with E-state index in [1.807, 2.05) is 11.9 Å². The van der Waals surface area contributed by atoms with E-state index in [1.54, 1.807) is 0 Å². The summed E-state index contributed by atoms with van der Waals surface area (Å²) >= 11 is 0. The molecular weight excluding hydrogens is 212 g/mol. The van der Waals surface area contributed by atoms with Crippen molar-refractivity contribution in [2.24, 2.45) is 16.6 Å². The van der Waals surface area contributed by atoms with Gasteiger partial charge in [0.1, 0.15) is 0 Å². The van der Waals surface area contributed by atoms with Crippen LogP contribution in [0.4, 0.5) is 0 Å². The Bertz CT molecular complexity index is 262. The van der Waals surface area contributed by atoms with Gasteiger partial charge in [0.15, 0.2) is 0 Å². The van der Waals surface area contributed by atoms with E-state index in [0.717, 1.165) is 32.2 Å². The van der Waals surface area contributed by atoms with Crippen molar-refractivity contribution >= 4 is 5.91 Å². The van der Waals surface area contributed by atoms with Gasteiger partial charge in [-0.25, -0.2) is 0 Å². The first-order chi connectivity index (χ1) is 7.81. The topological polar surface area (TPSA) is 46.3 Å². The third-order valence-corrected chi connectivity index (χ3v) is 3.71. The normalized spacial score (nSPS) is 20.1. The molecule has 2 N–H and O–H groups in total. The highest BCUT2D eigenvalue weighted by atomic mass is 16.2. The summed E-state index contributed by atoms with van der Waals surface area (Å²) in [4.78, 5) is 14.5. The maximum Gasteiger partial charge on any atom is 0.229 e. The third-order valence-electron chi connectivity index (χ3n) is 3.71. The Morgan fingerprint density at radius 1 is 1.24 bits per heavy atom. The SMILES string of the molecule is CN(CC(C)(C)C)C(=O)C1(CN)CCCCC1. The Kier molecular flexibility index (Phi) is 4.59. The molecule has 100 valence electrons. The smallest absolute Gasteiger partial charge is 0.229 e. The average molecular weight is 240 g/mol. The zero-order valence-corrected chi connectivity index (χ0v) is 11.9. The number of carbonyl (C=O) groups is 1. The fourth-order valence-electron chi connectivity index (χ4n) is 2.92. The number of nitrogens with zero attached hydrogens (tertiary/aromatic N) is 1. The van der Waals surface area contributed by atoms with Crippen LogP contribution in [0.1, 0.15) is 52.9 Å². The molecule has 0 heterocycles. The van der Waals surface area contributed by atoms with Crippen molar-refractivity contribution in [1.29, 1.82) is 0 Å². The molecule has 1 fully saturated rings. The number of amides is 1. The van der Waals surface area contributed by atoms with Gasteiger partial charge in [-0.15, -0.1) is 0 Å². The predicted octanol–water partition coefficient (Wildman–Crippen LogP) is 2.40. The maximum absolute atomic E-state index is 12.6. The standard InChI is InChI=1S/C14H28N2O/c1-13(2,3)11-16(4)12(17)14(10-15)8-6-5-7-9-14/h5-11,15H2,1-4H3. The molecule has 17 heavy (non-hydrogen) atoms. The van der Waals surface area contributed by atoms with Gasteiger partial charge in [0.25, 0.3) is 0 Å². The lowest BCUT2D eigenvalue weighted by molar-refractivity contribution is -0.143. The molecule has 0 aromatic rings. The molecule has 0 bridgehead atoms. The lowest BCUT2D eigenvalue weighted by Crippen LogP contribution is -2.49. The molecule has 0 saturated heterocycles. The number of nitrogens with two attached hydrogens (primary N) is 1. The van der Waals surface area contributed by atoms with Crippen molar-refractivity contribution in [3.8, 4) is 0 Å². The molecule has 1 saturated carbocycles. The summed E-state index contributed by atoms with van der Waals surface area (Å²) in [5, 5.41) is 0. The van der Waals surface area contributed by atoms with Crippen molar-refractivity contribution in [1.82, 2.24) is 4.90 Å². The molecule has 0 spiro atoms. The molecule has 0 radical (unpaired) electrons. The van der Waals surface area contributed by atoms with Crippen LogP contribution in [0.2, 0.25) is 0 Å². The van der Waals surface area contributed by atoms with Gasteiger partial charge in [-0.2, -0.15) is 0 Å². The lowest BCUT2D eigenvalue weighted by atomic mass is 9.73. The molecule has 1 aliphatic carbocycles. The molecule has 3 heteroatoms. The average Bonchev–Trinajstić information content (AvgIpc) is 2.26. The molecule has 1 amide bonds. The van der Waals surface area contributed by atoms with E-state index in [0.29, 0.717) is 6.54 Å². The third kappa shape index (κ3) is 3.70. The second-order valence-electron chi connectivity index (χ2n) is 6.77. The Balaban J connectivity index is 2.71. The van der Waals surface area contributed by atoms with Crippen molar-refractivity contribution < 1.29 is 4.79 Å². The number of carbonyl (C=O) groups excluding carboxylic acids is 1. The van der Waals surface area contributed by atoms with Crippen LogP contribution < -0.4 is 5.73 Å². The highest BCUT2D eigenvalue weighted by Crippen LogP contribution is 2.37.